The summed E-state index contributed by atoms with van der Waals surface area (Å²) in [5, 5.41) is 9.23. The molecule has 170 valence electrons. The molecule has 0 rings (SSSR count). The highest BCUT2D eigenvalue weighted by molar-refractivity contribution is 7.53. The first-order valence-corrected chi connectivity index (χ1v) is 13.3. The number of ether oxygens (including phenoxy) is 1. The molecule has 0 spiro atoms. The van der Waals surface area contributed by atoms with Crippen LogP contribution in [0.4, 0.5) is 0 Å². The van der Waals surface area contributed by atoms with Crippen molar-refractivity contribution in [3.05, 3.63) is 0 Å². The lowest BCUT2D eigenvalue weighted by atomic mass is 10.1. The largest absolute Gasteiger partial charge is 0.393 e. The first kappa shape index (κ1) is 28.2. The summed E-state index contributed by atoms with van der Waals surface area (Å²) in [7, 11) is -6.83. The van der Waals surface area contributed by atoms with Gasteiger partial charge in [-0.15, -0.1) is 0 Å². The zero-order chi connectivity index (χ0) is 21.7. The Morgan fingerprint density at radius 3 is 1.93 bits per heavy atom. The van der Waals surface area contributed by atoms with Gasteiger partial charge in [0.05, 0.1) is 44.4 Å². The summed E-state index contributed by atoms with van der Waals surface area (Å²) in [4.78, 5) is 11.8. The van der Waals surface area contributed by atoms with Gasteiger partial charge in [0.2, 0.25) is 0 Å². The van der Waals surface area contributed by atoms with Gasteiger partial charge in [0, 0.05) is 26.2 Å². The van der Waals surface area contributed by atoms with E-state index < -0.39 is 20.8 Å². The van der Waals surface area contributed by atoms with Gasteiger partial charge in [-0.05, 0) is 41.0 Å². The molecule has 28 heavy (non-hydrogen) atoms. The maximum absolute atomic E-state index is 12.7. The summed E-state index contributed by atoms with van der Waals surface area (Å²) in [5.41, 5.74) is -0.611. The standard InChI is InChI=1S/C17H39NO8P2/c1-6-24-27(20,21)14-11-18(10-9-13-23-17(4,5)16-19)12-15-28(22,25-7-2)26-8-3/h19H,6-16H2,1-5H3,(H,20,21). The molecule has 0 aromatic carbocycles. The van der Waals surface area contributed by atoms with Crippen LogP contribution in [0.2, 0.25) is 0 Å². The molecule has 0 fully saturated rings. The van der Waals surface area contributed by atoms with Crippen molar-refractivity contribution >= 4 is 15.2 Å². The van der Waals surface area contributed by atoms with E-state index in [0.29, 0.717) is 32.7 Å². The first-order valence-electron chi connectivity index (χ1n) is 9.84. The predicted octanol–water partition coefficient (Wildman–Crippen LogP) is 2.95. The van der Waals surface area contributed by atoms with E-state index in [1.807, 2.05) is 4.90 Å². The average molecular weight is 447 g/mol. The molecular formula is C17H39NO8P2. The molecule has 0 saturated carbocycles. The van der Waals surface area contributed by atoms with Crippen LogP contribution in [0.1, 0.15) is 41.0 Å². The smallest absolute Gasteiger partial charge is 0.331 e. The summed E-state index contributed by atoms with van der Waals surface area (Å²) in [6.07, 6.45) is 0.834. The minimum absolute atomic E-state index is 0.0165. The summed E-state index contributed by atoms with van der Waals surface area (Å²) in [6, 6.07) is 0. The van der Waals surface area contributed by atoms with E-state index in [4.69, 9.17) is 18.3 Å². The monoisotopic (exact) mass is 447 g/mol. The maximum Gasteiger partial charge on any atom is 0.331 e. The normalized spacial score (nSPS) is 15.1. The van der Waals surface area contributed by atoms with Gasteiger partial charge in [-0.25, -0.2) is 0 Å². The van der Waals surface area contributed by atoms with Gasteiger partial charge < -0.3 is 33.2 Å². The molecule has 0 bridgehead atoms. The summed E-state index contributed by atoms with van der Waals surface area (Å²) in [6.45, 7) is 11.2. The fraction of sp³-hybridized carbons (Fsp3) is 1.00. The lowest BCUT2D eigenvalue weighted by Crippen LogP contribution is -2.34. The van der Waals surface area contributed by atoms with Gasteiger partial charge in [-0.1, -0.05) is 0 Å². The van der Waals surface area contributed by atoms with E-state index in [2.05, 4.69) is 0 Å². The molecule has 0 aromatic heterocycles. The Morgan fingerprint density at radius 2 is 1.43 bits per heavy atom. The zero-order valence-electron chi connectivity index (χ0n) is 18.0. The molecule has 0 aromatic rings. The molecule has 2 N–H and O–H groups in total. The van der Waals surface area contributed by atoms with Gasteiger partial charge in [-0.3, -0.25) is 9.13 Å². The fourth-order valence-corrected chi connectivity index (χ4v) is 5.09. The van der Waals surface area contributed by atoms with Crippen molar-refractivity contribution in [3.8, 4) is 0 Å². The second-order valence-corrected chi connectivity index (χ2v) is 11.1. The van der Waals surface area contributed by atoms with Gasteiger partial charge >= 0.3 is 15.2 Å². The van der Waals surface area contributed by atoms with Crippen molar-refractivity contribution in [2.24, 2.45) is 0 Å². The lowest BCUT2D eigenvalue weighted by Gasteiger charge is -2.27. The summed E-state index contributed by atoms with van der Waals surface area (Å²) >= 11 is 0. The van der Waals surface area contributed by atoms with Gasteiger partial charge in [0.25, 0.3) is 0 Å². The highest BCUT2D eigenvalue weighted by Crippen LogP contribution is 2.48. The van der Waals surface area contributed by atoms with Crippen molar-refractivity contribution < 1.29 is 37.4 Å². The molecule has 1 unspecified atom stereocenters. The van der Waals surface area contributed by atoms with Crippen LogP contribution < -0.4 is 0 Å². The van der Waals surface area contributed by atoms with E-state index in [1.165, 1.54) is 0 Å². The van der Waals surface area contributed by atoms with E-state index in [9.17, 15) is 19.1 Å². The van der Waals surface area contributed by atoms with Crippen molar-refractivity contribution in [2.75, 3.05) is 65.0 Å². The number of hydrogen-bond acceptors (Lipinski definition) is 8. The molecule has 9 nitrogen and oxygen atoms in total. The highest BCUT2D eigenvalue weighted by Gasteiger charge is 2.26. The number of hydrogen-bond donors (Lipinski definition) is 2. The number of rotatable bonds is 18. The highest BCUT2D eigenvalue weighted by atomic mass is 31.2. The predicted molar refractivity (Wildman–Crippen MR) is 110 cm³/mol. The fourth-order valence-electron chi connectivity index (χ4n) is 2.38. The summed E-state index contributed by atoms with van der Waals surface area (Å²) < 4.78 is 45.8. The van der Waals surface area contributed by atoms with Crippen LogP contribution in [0.5, 0.6) is 0 Å². The summed E-state index contributed by atoms with van der Waals surface area (Å²) in [5.74, 6) is 0. The number of aliphatic hydroxyl groups excluding tert-OH is 1. The van der Waals surface area contributed by atoms with Crippen LogP contribution in [0.3, 0.4) is 0 Å². The lowest BCUT2D eigenvalue weighted by molar-refractivity contribution is -0.0556. The third kappa shape index (κ3) is 13.4. The topological polar surface area (TPSA) is 115 Å². The minimum atomic E-state index is -3.64. The molecule has 0 aliphatic carbocycles. The Bertz CT molecular complexity index is 494. The SMILES string of the molecule is CCOP(=O)(O)CCN(CCCOC(C)(C)CO)CCP(=O)(OCC)OCC. The quantitative estimate of drug-likeness (QED) is 0.242. The molecule has 1 atom stereocenters. The van der Waals surface area contributed by atoms with Crippen LogP contribution in [0.25, 0.3) is 0 Å². The van der Waals surface area contributed by atoms with Crippen molar-refractivity contribution in [3.63, 3.8) is 0 Å². The van der Waals surface area contributed by atoms with Gasteiger partial charge in [0.15, 0.2) is 0 Å². The third-order valence-electron chi connectivity index (χ3n) is 3.86. The first-order chi connectivity index (χ1) is 13.0. The second kappa shape index (κ2) is 14.2. The molecule has 11 heteroatoms. The van der Waals surface area contributed by atoms with Crippen LogP contribution in [0.15, 0.2) is 0 Å². The van der Waals surface area contributed by atoms with E-state index >= 15 is 0 Å². The molecule has 0 heterocycles. The molecule has 0 saturated heterocycles. The Labute approximate surface area is 169 Å². The molecule has 0 amide bonds. The minimum Gasteiger partial charge on any atom is -0.393 e. The van der Waals surface area contributed by atoms with Gasteiger partial charge in [-0.2, -0.15) is 0 Å². The molecule has 0 radical (unpaired) electrons. The van der Waals surface area contributed by atoms with Crippen molar-refractivity contribution in [2.45, 2.75) is 46.6 Å². The third-order valence-corrected chi connectivity index (χ3v) is 7.34. The van der Waals surface area contributed by atoms with Crippen LogP contribution >= 0.6 is 15.2 Å². The van der Waals surface area contributed by atoms with Crippen LogP contribution in [-0.4, -0.2) is 85.5 Å². The number of aliphatic hydroxyl groups is 1. The molecule has 0 aliphatic rings. The Kier molecular flexibility index (Phi) is 14.3. The maximum atomic E-state index is 12.7. The van der Waals surface area contributed by atoms with E-state index in [-0.39, 0.29) is 38.8 Å². The number of nitrogens with zero attached hydrogens (tertiary/aromatic N) is 1. The van der Waals surface area contributed by atoms with Crippen molar-refractivity contribution in [1.29, 1.82) is 0 Å². The Morgan fingerprint density at radius 1 is 0.893 bits per heavy atom. The van der Waals surface area contributed by atoms with Crippen LogP contribution in [-0.2, 0) is 27.4 Å². The van der Waals surface area contributed by atoms with Gasteiger partial charge in [0.1, 0.15) is 0 Å². The Balaban J connectivity index is 4.78. The Hall–Kier alpha value is 0.180. The van der Waals surface area contributed by atoms with Crippen molar-refractivity contribution in [1.82, 2.24) is 4.90 Å². The molecular weight excluding hydrogens is 408 g/mol. The molecule has 0 aliphatic heterocycles. The van der Waals surface area contributed by atoms with E-state index in [0.717, 1.165) is 0 Å². The average Bonchev–Trinajstić information content (AvgIpc) is 2.60. The van der Waals surface area contributed by atoms with Crippen LogP contribution in [0, 0.1) is 0 Å². The van der Waals surface area contributed by atoms with E-state index in [1.54, 1.807) is 34.6 Å². The second-order valence-electron chi connectivity index (χ2n) is 6.91. The zero-order valence-corrected chi connectivity index (χ0v) is 19.8.